The van der Waals surface area contributed by atoms with E-state index in [9.17, 15) is 0 Å². The molecule has 0 aliphatic carbocycles. The van der Waals surface area contributed by atoms with Crippen LogP contribution in [0.5, 0.6) is 0 Å². The zero-order chi connectivity index (χ0) is 5.86. The molecule has 43 valence electrons. The summed E-state index contributed by atoms with van der Waals surface area (Å²) in [4.78, 5) is 0. The smallest absolute Gasteiger partial charge is 0.0228 e. The molecule has 0 bridgehead atoms. The Labute approximate surface area is 72.7 Å². The highest BCUT2D eigenvalue weighted by Crippen LogP contribution is 2.16. The van der Waals surface area contributed by atoms with Gasteiger partial charge in [0.05, 0.1) is 0 Å². The minimum Gasteiger partial charge on any atom is -0.0815 e. The van der Waals surface area contributed by atoms with Crippen LogP contribution in [0.4, 0.5) is 0 Å². The Kier molecular flexibility index (Phi) is 5.26. The van der Waals surface area contributed by atoms with Gasteiger partial charge in [-0.1, -0.05) is 52.1 Å². The van der Waals surface area contributed by atoms with Crippen molar-refractivity contribution >= 4 is 45.2 Å². The number of hydrogen-bond donors (Lipinski definition) is 0. The molecule has 0 nitrogen and oxygen atoms in total. The Bertz CT molecular complexity index is 43.3. The van der Waals surface area contributed by atoms with Crippen LogP contribution in [-0.2, 0) is 0 Å². The summed E-state index contributed by atoms with van der Waals surface area (Å²) >= 11 is 4.78. The molecule has 0 aliphatic rings. The van der Waals surface area contributed by atoms with Gasteiger partial charge in [-0.15, -0.1) is 0 Å². The van der Waals surface area contributed by atoms with Crippen molar-refractivity contribution in [1.29, 1.82) is 0 Å². The summed E-state index contributed by atoms with van der Waals surface area (Å²) in [6.45, 7) is 6.08. The molecule has 1 radical (unpaired) electrons. The van der Waals surface area contributed by atoms with Crippen LogP contribution in [0.25, 0.3) is 0 Å². The highest BCUT2D eigenvalue weighted by atomic mass is 127. The summed E-state index contributed by atoms with van der Waals surface area (Å²) in [5.74, 6) is 0. The Balaban J connectivity index is 3.14. The van der Waals surface area contributed by atoms with Crippen molar-refractivity contribution < 1.29 is 0 Å². The lowest BCUT2D eigenvalue weighted by Crippen LogP contribution is -2.06. The van der Waals surface area contributed by atoms with Gasteiger partial charge in [0, 0.05) is 7.85 Å². The third-order valence-electron chi connectivity index (χ3n) is 0.782. The number of halogens is 2. The predicted octanol–water partition coefficient (Wildman–Crippen LogP) is 2.84. The first-order valence-corrected chi connectivity index (χ1v) is 4.78. The second-order valence-electron chi connectivity index (χ2n) is 1.44. The first-order valence-electron chi connectivity index (χ1n) is 2.29. The standard InChI is InChI=1S/C5H9I2/c1-3-5(7)4(2)6/h4-5H,2-3H2,1H3. The van der Waals surface area contributed by atoms with Crippen LogP contribution in [0.3, 0.4) is 0 Å². The molecule has 0 spiro atoms. The van der Waals surface area contributed by atoms with E-state index in [1.165, 1.54) is 6.42 Å². The zero-order valence-corrected chi connectivity index (χ0v) is 8.64. The van der Waals surface area contributed by atoms with Gasteiger partial charge in [-0.2, -0.15) is 0 Å². The largest absolute Gasteiger partial charge is 0.0815 e. The van der Waals surface area contributed by atoms with Crippen LogP contribution in [0.1, 0.15) is 13.3 Å². The van der Waals surface area contributed by atoms with Gasteiger partial charge in [0.2, 0.25) is 0 Å². The Morgan fingerprint density at radius 3 is 2.00 bits per heavy atom. The molecule has 0 N–H and O–H groups in total. The van der Waals surface area contributed by atoms with Crippen LogP contribution in [0, 0.1) is 6.92 Å². The van der Waals surface area contributed by atoms with E-state index in [1.54, 1.807) is 0 Å². The molecule has 2 heteroatoms. The van der Waals surface area contributed by atoms with E-state index in [1.807, 2.05) is 0 Å². The van der Waals surface area contributed by atoms with Gasteiger partial charge in [0.15, 0.2) is 0 Å². The highest BCUT2D eigenvalue weighted by Gasteiger charge is 2.05. The maximum absolute atomic E-state index is 3.89. The molecule has 0 rings (SSSR count). The molecule has 0 fully saturated rings. The molecule has 7 heavy (non-hydrogen) atoms. The second kappa shape index (κ2) is 4.35. The van der Waals surface area contributed by atoms with Crippen molar-refractivity contribution in [2.24, 2.45) is 0 Å². The first-order chi connectivity index (χ1) is 3.18. The predicted molar refractivity (Wildman–Crippen MR) is 51.3 cm³/mol. The highest BCUT2D eigenvalue weighted by molar-refractivity contribution is 14.1. The molecule has 0 saturated heterocycles. The first kappa shape index (κ1) is 8.46. The van der Waals surface area contributed by atoms with Crippen molar-refractivity contribution in [3.05, 3.63) is 6.92 Å². The van der Waals surface area contributed by atoms with Gasteiger partial charge in [-0.25, -0.2) is 0 Å². The van der Waals surface area contributed by atoms with E-state index < -0.39 is 0 Å². The van der Waals surface area contributed by atoms with Gasteiger partial charge in [-0.3, -0.25) is 0 Å². The quantitative estimate of drug-likeness (QED) is 0.542. The maximum Gasteiger partial charge on any atom is 0.0228 e. The van der Waals surface area contributed by atoms with Crippen molar-refractivity contribution in [3.8, 4) is 0 Å². The third-order valence-corrected chi connectivity index (χ3v) is 4.78. The van der Waals surface area contributed by atoms with E-state index >= 15 is 0 Å². The lowest BCUT2D eigenvalue weighted by Gasteiger charge is -2.06. The van der Waals surface area contributed by atoms with E-state index in [0.717, 1.165) is 3.92 Å². The molecule has 0 saturated carbocycles. The fourth-order valence-electron chi connectivity index (χ4n) is 0.256. The average molecular weight is 323 g/mol. The summed E-state index contributed by atoms with van der Waals surface area (Å²) < 4.78 is 1.32. The van der Waals surface area contributed by atoms with E-state index in [0.29, 0.717) is 3.92 Å². The van der Waals surface area contributed by atoms with Crippen LogP contribution < -0.4 is 0 Å². The van der Waals surface area contributed by atoms with Gasteiger partial charge in [0.1, 0.15) is 0 Å². The van der Waals surface area contributed by atoms with Gasteiger partial charge < -0.3 is 0 Å². The fraction of sp³-hybridized carbons (Fsp3) is 0.800. The summed E-state index contributed by atoms with van der Waals surface area (Å²) in [5.41, 5.74) is 0. The molecule has 2 unspecified atom stereocenters. The average Bonchev–Trinajstić information content (AvgIpc) is 1.65. The zero-order valence-electron chi connectivity index (χ0n) is 4.32. The van der Waals surface area contributed by atoms with Crippen molar-refractivity contribution in [2.45, 2.75) is 21.2 Å². The van der Waals surface area contributed by atoms with Crippen LogP contribution >= 0.6 is 45.2 Å². The van der Waals surface area contributed by atoms with Crippen LogP contribution in [-0.4, -0.2) is 7.85 Å². The minimum absolute atomic E-state index is 0.572. The summed E-state index contributed by atoms with van der Waals surface area (Å²) in [5, 5.41) is 0. The normalized spacial score (nSPS) is 18.9. The van der Waals surface area contributed by atoms with Gasteiger partial charge in [0.25, 0.3) is 0 Å². The lowest BCUT2D eigenvalue weighted by atomic mass is 10.3. The minimum atomic E-state index is 0.572. The van der Waals surface area contributed by atoms with E-state index in [4.69, 9.17) is 0 Å². The maximum atomic E-state index is 3.89. The monoisotopic (exact) mass is 323 g/mol. The summed E-state index contributed by atoms with van der Waals surface area (Å²) in [7, 11) is 0. The Hall–Kier alpha value is 1.46. The molecular weight excluding hydrogens is 314 g/mol. The van der Waals surface area contributed by atoms with Crippen molar-refractivity contribution in [2.75, 3.05) is 0 Å². The molecule has 0 aromatic rings. The molecule has 0 amide bonds. The summed E-state index contributed by atoms with van der Waals surface area (Å²) in [6, 6.07) is 0. The Morgan fingerprint density at radius 1 is 1.57 bits per heavy atom. The third kappa shape index (κ3) is 4.00. The van der Waals surface area contributed by atoms with Gasteiger partial charge in [-0.05, 0) is 13.3 Å². The van der Waals surface area contributed by atoms with Gasteiger partial charge >= 0.3 is 0 Å². The molecular formula is C5H9I2. The fourth-order valence-corrected chi connectivity index (χ4v) is 0.764. The molecule has 0 aromatic heterocycles. The van der Waals surface area contributed by atoms with E-state index in [2.05, 4.69) is 59.0 Å². The molecule has 0 aromatic carbocycles. The number of alkyl halides is 2. The number of rotatable bonds is 2. The van der Waals surface area contributed by atoms with Crippen LogP contribution in [0.2, 0.25) is 0 Å². The second-order valence-corrected chi connectivity index (χ2v) is 4.64. The van der Waals surface area contributed by atoms with Crippen LogP contribution in [0.15, 0.2) is 0 Å². The molecule has 0 heterocycles. The Morgan fingerprint density at radius 2 is 2.00 bits per heavy atom. The van der Waals surface area contributed by atoms with Crippen molar-refractivity contribution in [3.63, 3.8) is 0 Å². The van der Waals surface area contributed by atoms with Crippen molar-refractivity contribution in [1.82, 2.24) is 0 Å². The topological polar surface area (TPSA) is 0 Å². The van der Waals surface area contributed by atoms with E-state index in [-0.39, 0.29) is 0 Å². The molecule has 2 atom stereocenters. The molecule has 0 aliphatic heterocycles. The lowest BCUT2D eigenvalue weighted by molar-refractivity contribution is 0.895. The number of hydrogen-bond acceptors (Lipinski definition) is 0. The summed E-state index contributed by atoms with van der Waals surface area (Å²) in [6.07, 6.45) is 1.23. The SMILES string of the molecule is [CH2]C(I)C(I)CC.